The van der Waals surface area contributed by atoms with Crippen LogP contribution in [0.5, 0.6) is 0 Å². The molecule has 0 saturated carbocycles. The highest BCUT2D eigenvalue weighted by Gasteiger charge is 2.13. The normalized spacial score (nSPS) is 12.5. The van der Waals surface area contributed by atoms with E-state index in [1.165, 1.54) is 0 Å². The van der Waals surface area contributed by atoms with Crippen LogP contribution in [-0.2, 0) is 0 Å². The molecule has 2 nitrogen and oxygen atoms in total. The Morgan fingerprint density at radius 3 is 2.73 bits per heavy atom. The summed E-state index contributed by atoms with van der Waals surface area (Å²) in [7, 11) is 0. The molecule has 1 atom stereocenters. The molecule has 2 aromatic carbocycles. The fourth-order valence-electron chi connectivity index (χ4n) is 2.79. The molecule has 0 saturated heterocycles. The Morgan fingerprint density at radius 1 is 1.09 bits per heavy atom. The Bertz CT molecular complexity index is 793. The first-order chi connectivity index (χ1) is 10.7. The second kappa shape index (κ2) is 6.24. The van der Waals surface area contributed by atoms with E-state index in [-0.39, 0.29) is 5.82 Å². The number of rotatable bonds is 4. The minimum absolute atomic E-state index is 0.221. The van der Waals surface area contributed by atoms with Crippen LogP contribution in [0.25, 0.3) is 22.0 Å². The van der Waals surface area contributed by atoms with E-state index in [4.69, 9.17) is 5.73 Å². The Morgan fingerprint density at radius 2 is 1.91 bits per heavy atom. The molecule has 1 heterocycles. The van der Waals surface area contributed by atoms with Crippen LogP contribution in [0.4, 0.5) is 4.39 Å². The number of aromatic nitrogens is 1. The van der Waals surface area contributed by atoms with E-state index in [0.29, 0.717) is 18.0 Å². The van der Waals surface area contributed by atoms with Crippen LogP contribution in [0.3, 0.4) is 0 Å². The maximum atomic E-state index is 14.4. The van der Waals surface area contributed by atoms with E-state index in [9.17, 15) is 4.39 Å². The summed E-state index contributed by atoms with van der Waals surface area (Å²) in [6.45, 7) is 2.74. The Hall–Kier alpha value is -2.26. The second-order valence-corrected chi connectivity index (χ2v) is 5.60. The van der Waals surface area contributed by atoms with Gasteiger partial charge in [0.1, 0.15) is 5.82 Å². The molecule has 0 aliphatic rings. The maximum Gasteiger partial charge on any atom is 0.131 e. The van der Waals surface area contributed by atoms with Gasteiger partial charge in [-0.15, -0.1) is 0 Å². The van der Waals surface area contributed by atoms with Gasteiger partial charge in [0.15, 0.2) is 0 Å². The third kappa shape index (κ3) is 2.72. The number of nitrogens with zero attached hydrogens (tertiary/aromatic N) is 1. The van der Waals surface area contributed by atoms with Gasteiger partial charge in [0.2, 0.25) is 0 Å². The summed E-state index contributed by atoms with van der Waals surface area (Å²) in [6.07, 6.45) is 2.63. The van der Waals surface area contributed by atoms with E-state index in [1.54, 1.807) is 12.3 Å². The molecule has 1 aromatic heterocycles. The first-order valence-electron chi connectivity index (χ1n) is 7.54. The van der Waals surface area contributed by atoms with Crippen LogP contribution in [-0.4, -0.2) is 11.5 Å². The fourth-order valence-corrected chi connectivity index (χ4v) is 2.79. The molecule has 3 heteroatoms. The van der Waals surface area contributed by atoms with Gasteiger partial charge in [0.05, 0.1) is 5.52 Å². The molecule has 0 radical (unpaired) electrons. The quantitative estimate of drug-likeness (QED) is 0.769. The minimum atomic E-state index is -0.221. The van der Waals surface area contributed by atoms with Gasteiger partial charge in [-0.3, -0.25) is 4.98 Å². The van der Waals surface area contributed by atoms with Gasteiger partial charge in [-0.1, -0.05) is 37.3 Å². The average molecular weight is 294 g/mol. The predicted molar refractivity (Wildman–Crippen MR) is 89.2 cm³/mol. The van der Waals surface area contributed by atoms with Crippen LogP contribution in [0.2, 0.25) is 0 Å². The highest BCUT2D eigenvalue weighted by molar-refractivity contribution is 5.93. The summed E-state index contributed by atoms with van der Waals surface area (Å²) in [5.74, 6) is 0.0918. The molecule has 0 aliphatic carbocycles. The molecule has 22 heavy (non-hydrogen) atoms. The number of fused-ring (bicyclic) bond motifs is 1. The number of pyridine rings is 1. The fraction of sp³-hybridized carbons (Fsp3) is 0.211. The highest BCUT2D eigenvalue weighted by atomic mass is 19.1. The van der Waals surface area contributed by atoms with Crippen LogP contribution in [0, 0.1) is 5.82 Å². The minimum Gasteiger partial charge on any atom is -0.330 e. The summed E-state index contributed by atoms with van der Waals surface area (Å²) in [5, 5.41) is 1.01. The van der Waals surface area contributed by atoms with Crippen molar-refractivity contribution < 1.29 is 4.39 Å². The van der Waals surface area contributed by atoms with E-state index >= 15 is 0 Å². The Balaban J connectivity index is 2.16. The second-order valence-electron chi connectivity index (χ2n) is 5.60. The van der Waals surface area contributed by atoms with Crippen molar-refractivity contribution in [2.75, 3.05) is 6.54 Å². The van der Waals surface area contributed by atoms with Crippen molar-refractivity contribution in [1.29, 1.82) is 0 Å². The molecule has 112 valence electrons. The number of hydrogen-bond donors (Lipinski definition) is 1. The zero-order valence-corrected chi connectivity index (χ0v) is 12.6. The molecule has 3 rings (SSSR count). The summed E-state index contributed by atoms with van der Waals surface area (Å²) in [5.41, 5.74) is 9.00. The van der Waals surface area contributed by atoms with Gasteiger partial charge < -0.3 is 5.73 Å². The van der Waals surface area contributed by atoms with Crippen LogP contribution >= 0.6 is 0 Å². The number of halogens is 1. The lowest BCUT2D eigenvalue weighted by Gasteiger charge is -2.14. The van der Waals surface area contributed by atoms with E-state index in [2.05, 4.69) is 11.9 Å². The zero-order valence-electron chi connectivity index (χ0n) is 12.6. The largest absolute Gasteiger partial charge is 0.330 e. The van der Waals surface area contributed by atoms with Crippen molar-refractivity contribution >= 4 is 10.9 Å². The smallest absolute Gasteiger partial charge is 0.131 e. The molecule has 1 unspecified atom stereocenters. The SMILES string of the molecule is CC(CCN)c1ccc(F)c(-c2cccc3cccnc23)c1. The van der Waals surface area contributed by atoms with Crippen molar-refractivity contribution in [2.24, 2.45) is 5.73 Å². The first-order valence-corrected chi connectivity index (χ1v) is 7.54. The number of hydrogen-bond acceptors (Lipinski definition) is 2. The Kier molecular flexibility index (Phi) is 4.16. The lowest BCUT2D eigenvalue weighted by Crippen LogP contribution is -2.05. The van der Waals surface area contributed by atoms with Gasteiger partial charge in [-0.05, 0) is 42.6 Å². The molecule has 0 fully saturated rings. The molecule has 3 aromatic rings. The number of para-hydroxylation sites is 1. The molecular weight excluding hydrogens is 275 g/mol. The van der Waals surface area contributed by atoms with Crippen LogP contribution in [0.1, 0.15) is 24.8 Å². The van der Waals surface area contributed by atoms with Gasteiger partial charge in [0, 0.05) is 22.7 Å². The molecule has 0 aliphatic heterocycles. The van der Waals surface area contributed by atoms with Gasteiger partial charge in [-0.25, -0.2) is 4.39 Å². The number of nitrogens with two attached hydrogens (primary N) is 1. The van der Waals surface area contributed by atoms with Crippen molar-refractivity contribution in [3.63, 3.8) is 0 Å². The maximum absolute atomic E-state index is 14.4. The molecule has 0 bridgehead atoms. The monoisotopic (exact) mass is 294 g/mol. The molecule has 0 spiro atoms. The van der Waals surface area contributed by atoms with Crippen molar-refractivity contribution in [3.05, 3.63) is 66.1 Å². The highest BCUT2D eigenvalue weighted by Crippen LogP contribution is 2.32. The summed E-state index contributed by atoms with van der Waals surface area (Å²) in [6, 6.07) is 15.0. The van der Waals surface area contributed by atoms with E-state index in [0.717, 1.165) is 28.5 Å². The third-order valence-corrected chi connectivity index (χ3v) is 4.08. The topological polar surface area (TPSA) is 38.9 Å². The third-order valence-electron chi connectivity index (χ3n) is 4.08. The van der Waals surface area contributed by atoms with E-state index < -0.39 is 0 Å². The first kappa shape index (κ1) is 14.7. The summed E-state index contributed by atoms with van der Waals surface area (Å²) >= 11 is 0. The van der Waals surface area contributed by atoms with Crippen molar-refractivity contribution in [2.45, 2.75) is 19.3 Å². The van der Waals surface area contributed by atoms with Gasteiger partial charge >= 0.3 is 0 Å². The predicted octanol–water partition coefficient (Wildman–Crippen LogP) is 4.49. The standard InChI is InChI=1S/C19H19FN2/c1-13(9-10-21)15-7-8-18(20)17(12-15)16-6-2-4-14-5-3-11-22-19(14)16/h2-8,11-13H,9-10,21H2,1H3. The molecule has 0 amide bonds. The average Bonchev–Trinajstić information content (AvgIpc) is 2.55. The summed E-state index contributed by atoms with van der Waals surface area (Å²) < 4.78 is 14.4. The van der Waals surface area contributed by atoms with E-state index in [1.807, 2.05) is 42.5 Å². The molecular formula is C19H19FN2. The molecule has 2 N–H and O–H groups in total. The van der Waals surface area contributed by atoms with Gasteiger partial charge in [-0.2, -0.15) is 0 Å². The van der Waals surface area contributed by atoms with Crippen LogP contribution in [0.15, 0.2) is 54.7 Å². The lowest BCUT2D eigenvalue weighted by molar-refractivity contribution is 0.627. The Labute approximate surface area is 129 Å². The number of benzene rings is 2. The van der Waals surface area contributed by atoms with Gasteiger partial charge in [0.25, 0.3) is 0 Å². The van der Waals surface area contributed by atoms with Crippen molar-refractivity contribution in [1.82, 2.24) is 4.98 Å². The van der Waals surface area contributed by atoms with Crippen LogP contribution < -0.4 is 5.73 Å². The summed E-state index contributed by atoms with van der Waals surface area (Å²) in [4.78, 5) is 4.42. The zero-order chi connectivity index (χ0) is 15.5. The lowest BCUT2D eigenvalue weighted by atomic mass is 9.93. The van der Waals surface area contributed by atoms with Crippen molar-refractivity contribution in [3.8, 4) is 11.1 Å².